The molecule has 0 saturated carbocycles. The first-order chi connectivity index (χ1) is 2.71. The largest absolute Gasteiger partial charge is 0.296 e. The summed E-state index contributed by atoms with van der Waals surface area (Å²) >= 11 is 0. The molecule has 1 aliphatic heterocycles. The molecule has 0 spiro atoms. The van der Waals surface area contributed by atoms with Crippen LogP contribution in [-0.2, 0) is 0 Å². The van der Waals surface area contributed by atoms with E-state index >= 15 is 0 Å². The van der Waals surface area contributed by atoms with Gasteiger partial charge in [0, 0.05) is 18.2 Å². The Kier molecular flexibility index (Phi) is 0.536. The topological polar surface area (TPSA) is 12.4 Å². The molecule has 0 bridgehead atoms. The SMILES string of the molecule is CC1(C)C=NC1. The van der Waals surface area contributed by atoms with Crippen LogP contribution >= 0.6 is 0 Å². The molecule has 0 amide bonds. The summed E-state index contributed by atoms with van der Waals surface area (Å²) in [4.78, 5) is 3.94. The normalized spacial score (nSPS) is 26.3. The third kappa shape index (κ3) is 0.445. The second kappa shape index (κ2) is 0.837. The maximum absolute atomic E-state index is 3.94. The number of aliphatic imine (C=N–C) groups is 1. The maximum atomic E-state index is 3.94. The first-order valence-corrected chi connectivity index (χ1v) is 2.22. The van der Waals surface area contributed by atoms with Crippen LogP contribution in [0.5, 0.6) is 0 Å². The van der Waals surface area contributed by atoms with Crippen LogP contribution in [0.15, 0.2) is 4.99 Å². The van der Waals surface area contributed by atoms with Gasteiger partial charge >= 0.3 is 0 Å². The van der Waals surface area contributed by atoms with Gasteiger partial charge in [0.25, 0.3) is 0 Å². The Morgan fingerprint density at radius 3 is 2.00 bits per heavy atom. The number of nitrogens with zero attached hydrogens (tertiary/aromatic N) is 1. The highest BCUT2D eigenvalue weighted by Crippen LogP contribution is 2.18. The van der Waals surface area contributed by atoms with Crippen molar-refractivity contribution >= 4 is 6.21 Å². The maximum Gasteiger partial charge on any atom is 0.0486 e. The number of hydrogen-bond donors (Lipinski definition) is 0. The molecule has 1 heterocycles. The molecule has 6 heavy (non-hydrogen) atoms. The van der Waals surface area contributed by atoms with Gasteiger partial charge in [-0.1, -0.05) is 13.8 Å². The lowest BCUT2D eigenvalue weighted by Crippen LogP contribution is -2.25. The molecule has 0 unspecified atom stereocenters. The Hall–Kier alpha value is -0.330. The summed E-state index contributed by atoms with van der Waals surface area (Å²) in [6.45, 7) is 5.38. The molecular weight excluding hydrogens is 74.1 g/mol. The van der Waals surface area contributed by atoms with E-state index < -0.39 is 0 Å². The van der Waals surface area contributed by atoms with Crippen molar-refractivity contribution in [3.05, 3.63) is 0 Å². The Bertz CT molecular complexity index is 81.9. The molecule has 0 atom stereocenters. The molecule has 0 radical (unpaired) electrons. The first-order valence-electron chi connectivity index (χ1n) is 2.22. The van der Waals surface area contributed by atoms with Gasteiger partial charge < -0.3 is 0 Å². The van der Waals surface area contributed by atoms with Gasteiger partial charge in [-0.15, -0.1) is 0 Å². The van der Waals surface area contributed by atoms with Crippen molar-refractivity contribution in [3.8, 4) is 0 Å². The highest BCUT2D eigenvalue weighted by molar-refractivity contribution is 5.70. The number of rotatable bonds is 0. The minimum atomic E-state index is 0.431. The molecule has 1 rings (SSSR count). The van der Waals surface area contributed by atoms with Gasteiger partial charge in [0.15, 0.2) is 0 Å². The van der Waals surface area contributed by atoms with Gasteiger partial charge in [-0.25, -0.2) is 0 Å². The molecule has 1 nitrogen and oxygen atoms in total. The van der Waals surface area contributed by atoms with E-state index in [2.05, 4.69) is 18.8 Å². The van der Waals surface area contributed by atoms with Crippen LogP contribution in [0.4, 0.5) is 0 Å². The van der Waals surface area contributed by atoms with E-state index in [9.17, 15) is 0 Å². The van der Waals surface area contributed by atoms with Crippen molar-refractivity contribution in [2.24, 2.45) is 10.4 Å². The summed E-state index contributed by atoms with van der Waals surface area (Å²) in [7, 11) is 0. The lowest BCUT2D eigenvalue weighted by Gasteiger charge is -2.23. The molecule has 0 aliphatic carbocycles. The lowest BCUT2D eigenvalue weighted by molar-refractivity contribution is 0.504. The van der Waals surface area contributed by atoms with Gasteiger partial charge in [0.2, 0.25) is 0 Å². The van der Waals surface area contributed by atoms with Crippen LogP contribution in [0.2, 0.25) is 0 Å². The fraction of sp³-hybridized carbons (Fsp3) is 0.800. The smallest absolute Gasteiger partial charge is 0.0486 e. The van der Waals surface area contributed by atoms with Gasteiger partial charge in [-0.3, -0.25) is 4.99 Å². The highest BCUT2D eigenvalue weighted by Gasteiger charge is 2.19. The molecule has 0 aromatic carbocycles. The molecule has 1 heteroatoms. The molecule has 1 aliphatic rings. The van der Waals surface area contributed by atoms with Gasteiger partial charge in [-0.05, 0) is 0 Å². The van der Waals surface area contributed by atoms with Crippen LogP contribution in [0.25, 0.3) is 0 Å². The minimum absolute atomic E-state index is 0.431. The van der Waals surface area contributed by atoms with Crippen LogP contribution in [0.1, 0.15) is 13.8 Å². The van der Waals surface area contributed by atoms with Gasteiger partial charge in [0.1, 0.15) is 0 Å². The minimum Gasteiger partial charge on any atom is -0.296 e. The monoisotopic (exact) mass is 83.1 g/mol. The molecule has 0 aromatic rings. The van der Waals surface area contributed by atoms with E-state index in [1.165, 1.54) is 0 Å². The van der Waals surface area contributed by atoms with Crippen LogP contribution in [-0.4, -0.2) is 12.8 Å². The zero-order valence-corrected chi connectivity index (χ0v) is 4.23. The summed E-state index contributed by atoms with van der Waals surface area (Å²) < 4.78 is 0. The fourth-order valence-corrected chi connectivity index (χ4v) is 0.456. The Balaban J connectivity index is 2.57. The first kappa shape index (κ1) is 3.85. The van der Waals surface area contributed by atoms with Crippen LogP contribution in [0, 0.1) is 5.41 Å². The molecule has 0 N–H and O–H groups in total. The summed E-state index contributed by atoms with van der Waals surface area (Å²) in [5, 5.41) is 0. The molecule has 0 fully saturated rings. The molecule has 34 valence electrons. The molecule has 0 aromatic heterocycles. The van der Waals surface area contributed by atoms with Crippen molar-refractivity contribution in [3.63, 3.8) is 0 Å². The average molecular weight is 83.1 g/mol. The summed E-state index contributed by atoms with van der Waals surface area (Å²) in [6, 6.07) is 0. The van der Waals surface area contributed by atoms with E-state index in [-0.39, 0.29) is 0 Å². The predicted octanol–water partition coefficient (Wildman–Crippen LogP) is 1.10. The average Bonchev–Trinajstić information content (AvgIpc) is 1.32. The lowest BCUT2D eigenvalue weighted by atomic mass is 9.91. The third-order valence-corrected chi connectivity index (χ3v) is 0.940. The Morgan fingerprint density at radius 2 is 2.00 bits per heavy atom. The molecule has 0 saturated heterocycles. The van der Waals surface area contributed by atoms with E-state index in [4.69, 9.17) is 0 Å². The van der Waals surface area contributed by atoms with Crippen LogP contribution < -0.4 is 0 Å². The van der Waals surface area contributed by atoms with E-state index in [0.29, 0.717) is 5.41 Å². The standard InChI is InChI=1S/C5H9N/c1-5(2)3-6-4-5/h3H,4H2,1-2H3. The van der Waals surface area contributed by atoms with E-state index in [0.717, 1.165) is 6.54 Å². The van der Waals surface area contributed by atoms with Crippen molar-refractivity contribution < 1.29 is 0 Å². The van der Waals surface area contributed by atoms with E-state index in [1.54, 1.807) is 0 Å². The number of hydrogen-bond acceptors (Lipinski definition) is 1. The van der Waals surface area contributed by atoms with Gasteiger partial charge in [-0.2, -0.15) is 0 Å². The Labute approximate surface area is 38.1 Å². The van der Waals surface area contributed by atoms with Crippen molar-refractivity contribution in [1.82, 2.24) is 0 Å². The highest BCUT2D eigenvalue weighted by atomic mass is 14.8. The predicted molar refractivity (Wildman–Crippen MR) is 27.1 cm³/mol. The molecular formula is C5H9N. The Morgan fingerprint density at radius 1 is 1.67 bits per heavy atom. The van der Waals surface area contributed by atoms with E-state index in [1.807, 2.05) is 6.21 Å². The summed E-state index contributed by atoms with van der Waals surface area (Å²) in [5.74, 6) is 0. The summed E-state index contributed by atoms with van der Waals surface area (Å²) in [6.07, 6.45) is 1.99. The second-order valence-corrected chi connectivity index (χ2v) is 2.46. The van der Waals surface area contributed by atoms with Crippen molar-refractivity contribution in [1.29, 1.82) is 0 Å². The fourth-order valence-electron chi connectivity index (χ4n) is 0.456. The summed E-state index contributed by atoms with van der Waals surface area (Å²) in [5.41, 5.74) is 0.431. The zero-order valence-electron chi connectivity index (χ0n) is 4.23. The quantitative estimate of drug-likeness (QED) is 0.416. The van der Waals surface area contributed by atoms with Gasteiger partial charge in [0.05, 0.1) is 0 Å². The van der Waals surface area contributed by atoms with Crippen molar-refractivity contribution in [2.45, 2.75) is 13.8 Å². The van der Waals surface area contributed by atoms with Crippen LogP contribution in [0.3, 0.4) is 0 Å². The second-order valence-electron chi connectivity index (χ2n) is 2.46. The van der Waals surface area contributed by atoms with Crippen molar-refractivity contribution in [2.75, 3.05) is 6.54 Å². The third-order valence-electron chi connectivity index (χ3n) is 0.940. The zero-order chi connectivity index (χ0) is 4.62.